The van der Waals surface area contributed by atoms with Gasteiger partial charge in [-0.3, -0.25) is 4.72 Å². The Kier molecular flexibility index (Phi) is 3.87. The lowest BCUT2D eigenvalue weighted by Crippen LogP contribution is -2.17. The molecular weight excluding hydrogens is 298 g/mol. The molecule has 2 aromatic carbocycles. The van der Waals surface area contributed by atoms with Crippen molar-refractivity contribution in [1.29, 1.82) is 0 Å². The summed E-state index contributed by atoms with van der Waals surface area (Å²) in [6, 6.07) is 6.05. The van der Waals surface area contributed by atoms with E-state index < -0.39 is 21.7 Å². The van der Waals surface area contributed by atoms with E-state index in [0.717, 1.165) is 18.2 Å². The minimum Gasteiger partial charge on any atom is -0.397 e. The molecule has 0 aromatic heterocycles. The first kappa shape index (κ1) is 15.2. The van der Waals surface area contributed by atoms with Crippen LogP contribution in [0.3, 0.4) is 0 Å². The van der Waals surface area contributed by atoms with Crippen LogP contribution in [0.1, 0.15) is 11.1 Å². The van der Waals surface area contributed by atoms with Crippen LogP contribution in [0.15, 0.2) is 35.2 Å². The Balaban J connectivity index is 2.54. The lowest BCUT2D eigenvalue weighted by Gasteiger charge is -2.14. The van der Waals surface area contributed by atoms with Gasteiger partial charge in [-0.2, -0.15) is 0 Å². The van der Waals surface area contributed by atoms with Gasteiger partial charge in [-0.15, -0.1) is 0 Å². The fourth-order valence-electron chi connectivity index (χ4n) is 2.16. The Morgan fingerprint density at radius 1 is 1.10 bits per heavy atom. The number of nitrogen functional groups attached to an aromatic ring is 1. The van der Waals surface area contributed by atoms with Gasteiger partial charge in [0.2, 0.25) is 0 Å². The van der Waals surface area contributed by atoms with Gasteiger partial charge in [0.05, 0.1) is 10.6 Å². The topological polar surface area (TPSA) is 72.2 Å². The van der Waals surface area contributed by atoms with E-state index in [0.29, 0.717) is 0 Å². The Hall–Kier alpha value is -2.15. The number of aryl methyl sites for hydroxylation is 2. The van der Waals surface area contributed by atoms with E-state index in [4.69, 9.17) is 5.73 Å². The zero-order valence-corrected chi connectivity index (χ0v) is 12.3. The smallest absolute Gasteiger partial charge is 0.262 e. The highest BCUT2D eigenvalue weighted by molar-refractivity contribution is 7.92. The number of nitrogens with one attached hydrogen (secondary N) is 1. The number of hydrogen-bond acceptors (Lipinski definition) is 3. The van der Waals surface area contributed by atoms with Crippen molar-refractivity contribution in [2.75, 3.05) is 10.5 Å². The molecule has 2 aromatic rings. The molecule has 0 unspecified atom stereocenters. The second kappa shape index (κ2) is 5.33. The van der Waals surface area contributed by atoms with E-state index in [1.54, 1.807) is 0 Å². The third kappa shape index (κ3) is 2.97. The largest absolute Gasteiger partial charge is 0.397 e. The summed E-state index contributed by atoms with van der Waals surface area (Å²) in [5.74, 6) is -1.31. The molecule has 21 heavy (non-hydrogen) atoms. The molecule has 0 fully saturated rings. The van der Waals surface area contributed by atoms with Crippen molar-refractivity contribution in [3.8, 4) is 0 Å². The van der Waals surface area contributed by atoms with Crippen LogP contribution < -0.4 is 10.5 Å². The summed E-state index contributed by atoms with van der Waals surface area (Å²) in [6.07, 6.45) is 0. The molecule has 4 nitrogen and oxygen atoms in total. The maximum absolute atomic E-state index is 13.7. The van der Waals surface area contributed by atoms with Crippen molar-refractivity contribution in [3.05, 3.63) is 53.1 Å². The standard InChI is InChI=1S/C14H14F2N2O2S/c1-8-6-10(15)7-9(2)14(8)21(19,20)18-13-11(16)4-3-5-12(13)17/h3-7,18H,17H2,1-2H3. The summed E-state index contributed by atoms with van der Waals surface area (Å²) < 4.78 is 53.9. The highest BCUT2D eigenvalue weighted by Crippen LogP contribution is 2.28. The molecule has 0 atom stereocenters. The van der Waals surface area contributed by atoms with Gasteiger partial charge in [0, 0.05) is 0 Å². The zero-order chi connectivity index (χ0) is 15.8. The second-order valence-electron chi connectivity index (χ2n) is 4.68. The summed E-state index contributed by atoms with van der Waals surface area (Å²) in [5.41, 5.74) is 5.69. The molecule has 0 bridgehead atoms. The third-order valence-corrected chi connectivity index (χ3v) is 4.63. The molecule has 0 radical (unpaired) electrons. The number of anilines is 2. The van der Waals surface area contributed by atoms with Crippen LogP contribution in [-0.4, -0.2) is 8.42 Å². The van der Waals surface area contributed by atoms with Gasteiger partial charge >= 0.3 is 0 Å². The SMILES string of the molecule is Cc1cc(F)cc(C)c1S(=O)(=O)Nc1c(N)cccc1F. The van der Waals surface area contributed by atoms with Crippen molar-refractivity contribution in [1.82, 2.24) is 0 Å². The van der Waals surface area contributed by atoms with E-state index in [1.807, 2.05) is 0 Å². The molecule has 112 valence electrons. The number of benzene rings is 2. The highest BCUT2D eigenvalue weighted by atomic mass is 32.2. The van der Waals surface area contributed by atoms with Crippen LogP contribution in [0.4, 0.5) is 20.2 Å². The van der Waals surface area contributed by atoms with Crippen molar-refractivity contribution in [3.63, 3.8) is 0 Å². The predicted octanol–water partition coefficient (Wildman–Crippen LogP) is 2.96. The van der Waals surface area contributed by atoms with Crippen molar-refractivity contribution >= 4 is 21.4 Å². The predicted molar refractivity (Wildman–Crippen MR) is 77.5 cm³/mol. The molecule has 0 saturated heterocycles. The van der Waals surface area contributed by atoms with Crippen LogP contribution in [0.2, 0.25) is 0 Å². The first-order valence-corrected chi connectivity index (χ1v) is 7.54. The number of para-hydroxylation sites is 1. The number of hydrogen-bond donors (Lipinski definition) is 2. The van der Waals surface area contributed by atoms with Crippen LogP contribution in [-0.2, 0) is 10.0 Å². The number of nitrogens with two attached hydrogens (primary N) is 1. The van der Waals surface area contributed by atoms with Gasteiger partial charge in [-0.25, -0.2) is 17.2 Å². The number of sulfonamides is 1. The summed E-state index contributed by atoms with van der Waals surface area (Å²) >= 11 is 0. The van der Waals surface area contributed by atoms with Gasteiger partial charge in [-0.1, -0.05) is 6.07 Å². The highest BCUT2D eigenvalue weighted by Gasteiger charge is 2.22. The first-order valence-electron chi connectivity index (χ1n) is 6.06. The van der Waals surface area contributed by atoms with Crippen molar-refractivity contribution in [2.24, 2.45) is 0 Å². The fraction of sp³-hybridized carbons (Fsp3) is 0.143. The minimum atomic E-state index is -4.07. The molecule has 0 spiro atoms. The van der Waals surface area contributed by atoms with Crippen LogP contribution in [0.25, 0.3) is 0 Å². The quantitative estimate of drug-likeness (QED) is 0.856. The van der Waals surface area contributed by atoms with E-state index >= 15 is 0 Å². The first-order chi connectivity index (χ1) is 9.72. The Bertz CT molecular complexity index is 761. The monoisotopic (exact) mass is 312 g/mol. The lowest BCUT2D eigenvalue weighted by molar-refractivity contribution is 0.595. The van der Waals surface area contributed by atoms with Gasteiger partial charge in [0.15, 0.2) is 0 Å². The van der Waals surface area contributed by atoms with Gasteiger partial charge in [-0.05, 0) is 49.2 Å². The molecule has 0 aliphatic rings. The lowest BCUT2D eigenvalue weighted by atomic mass is 10.1. The van der Waals surface area contributed by atoms with Crippen LogP contribution in [0, 0.1) is 25.5 Å². The van der Waals surface area contributed by atoms with Crippen LogP contribution in [0.5, 0.6) is 0 Å². The maximum Gasteiger partial charge on any atom is 0.262 e. The van der Waals surface area contributed by atoms with Gasteiger partial charge in [0.1, 0.15) is 17.3 Å². The van der Waals surface area contributed by atoms with Crippen LogP contribution >= 0.6 is 0 Å². The maximum atomic E-state index is 13.7. The van der Waals surface area contributed by atoms with E-state index in [-0.39, 0.29) is 27.4 Å². The Morgan fingerprint density at radius 2 is 1.67 bits per heavy atom. The Morgan fingerprint density at radius 3 is 2.19 bits per heavy atom. The van der Waals surface area contributed by atoms with E-state index in [2.05, 4.69) is 4.72 Å². The normalized spacial score (nSPS) is 11.4. The average molecular weight is 312 g/mol. The van der Waals surface area contributed by atoms with Gasteiger partial charge in [0.25, 0.3) is 10.0 Å². The minimum absolute atomic E-state index is 0.0315. The summed E-state index contributed by atoms with van der Waals surface area (Å²) in [6.45, 7) is 2.94. The molecule has 0 amide bonds. The molecule has 0 aliphatic heterocycles. The summed E-state index contributed by atoms with van der Waals surface area (Å²) in [5, 5.41) is 0. The van der Waals surface area contributed by atoms with Crippen molar-refractivity contribution < 1.29 is 17.2 Å². The molecular formula is C14H14F2N2O2S. The van der Waals surface area contributed by atoms with Gasteiger partial charge < -0.3 is 5.73 Å². The molecule has 2 rings (SSSR count). The van der Waals surface area contributed by atoms with Crippen molar-refractivity contribution in [2.45, 2.75) is 18.7 Å². The molecule has 0 heterocycles. The van der Waals surface area contributed by atoms with E-state index in [1.165, 1.54) is 26.0 Å². The average Bonchev–Trinajstić information content (AvgIpc) is 2.32. The molecule has 3 N–H and O–H groups in total. The number of rotatable bonds is 3. The van der Waals surface area contributed by atoms with E-state index in [9.17, 15) is 17.2 Å². The second-order valence-corrected chi connectivity index (χ2v) is 6.30. The molecule has 0 saturated carbocycles. The third-order valence-electron chi connectivity index (χ3n) is 2.98. The number of halogens is 2. The summed E-state index contributed by atoms with van der Waals surface area (Å²) in [4.78, 5) is -0.0912. The zero-order valence-electron chi connectivity index (χ0n) is 11.4. The Labute approximate surface area is 121 Å². The molecule has 7 heteroatoms. The summed E-state index contributed by atoms with van der Waals surface area (Å²) in [7, 11) is -4.07. The fourth-order valence-corrected chi connectivity index (χ4v) is 3.71. The molecule has 0 aliphatic carbocycles.